The van der Waals surface area contributed by atoms with Gasteiger partial charge in [0, 0.05) is 19.2 Å². The summed E-state index contributed by atoms with van der Waals surface area (Å²) in [6, 6.07) is 0.185. The molecule has 2 heterocycles. The molecule has 2 unspecified atom stereocenters. The highest BCUT2D eigenvalue weighted by Crippen LogP contribution is 2.37. The normalized spacial score (nSPS) is 37.1. The van der Waals surface area contributed by atoms with Gasteiger partial charge in [-0.25, -0.2) is 8.42 Å². The van der Waals surface area contributed by atoms with Crippen LogP contribution in [0.5, 0.6) is 0 Å². The van der Waals surface area contributed by atoms with E-state index in [9.17, 15) is 13.5 Å². The zero-order chi connectivity index (χ0) is 12.7. The van der Waals surface area contributed by atoms with Crippen molar-refractivity contribution in [3.63, 3.8) is 0 Å². The molecule has 2 aliphatic heterocycles. The predicted octanol–water partition coefficient (Wildman–Crippen LogP) is 0.514. The van der Waals surface area contributed by atoms with Gasteiger partial charge in [0.25, 0.3) is 0 Å². The van der Waals surface area contributed by atoms with Gasteiger partial charge in [0.1, 0.15) is 0 Å². The molecule has 0 radical (unpaired) electrons. The molecule has 4 nitrogen and oxygen atoms in total. The highest BCUT2D eigenvalue weighted by Gasteiger charge is 2.40. The van der Waals surface area contributed by atoms with Crippen molar-refractivity contribution in [3.05, 3.63) is 0 Å². The molecule has 0 aliphatic carbocycles. The van der Waals surface area contributed by atoms with Crippen LogP contribution in [0.2, 0.25) is 0 Å². The zero-order valence-corrected chi connectivity index (χ0v) is 11.5. The minimum atomic E-state index is -2.80. The number of aliphatic hydroxyl groups excluding tert-OH is 1. The van der Waals surface area contributed by atoms with Crippen LogP contribution in [0.3, 0.4) is 0 Å². The van der Waals surface area contributed by atoms with E-state index in [2.05, 4.69) is 18.7 Å². The van der Waals surface area contributed by atoms with Gasteiger partial charge in [-0.3, -0.25) is 4.90 Å². The van der Waals surface area contributed by atoms with E-state index in [1.165, 1.54) is 0 Å². The van der Waals surface area contributed by atoms with Crippen molar-refractivity contribution in [2.45, 2.75) is 32.7 Å². The Morgan fingerprint density at radius 2 is 2.12 bits per heavy atom. The van der Waals surface area contributed by atoms with Crippen molar-refractivity contribution in [1.82, 2.24) is 4.90 Å². The van der Waals surface area contributed by atoms with Crippen LogP contribution in [0.25, 0.3) is 0 Å². The summed E-state index contributed by atoms with van der Waals surface area (Å²) in [7, 11) is -2.80. The summed E-state index contributed by atoms with van der Waals surface area (Å²) in [5, 5.41) is 9.44. The second-order valence-electron chi connectivity index (χ2n) is 6.17. The molecule has 2 fully saturated rings. The number of hydrogen-bond acceptors (Lipinski definition) is 4. The molecule has 0 saturated carbocycles. The van der Waals surface area contributed by atoms with Gasteiger partial charge in [0.2, 0.25) is 0 Å². The molecular formula is C12H23NO3S. The summed E-state index contributed by atoms with van der Waals surface area (Å²) in [5.74, 6) is 0.909. The van der Waals surface area contributed by atoms with E-state index in [0.29, 0.717) is 11.5 Å². The molecule has 0 aromatic heterocycles. The summed E-state index contributed by atoms with van der Waals surface area (Å²) >= 11 is 0. The molecule has 0 bridgehead atoms. The quantitative estimate of drug-likeness (QED) is 0.787. The van der Waals surface area contributed by atoms with Crippen molar-refractivity contribution in [3.8, 4) is 0 Å². The van der Waals surface area contributed by atoms with Gasteiger partial charge in [0.05, 0.1) is 11.5 Å². The Hall–Kier alpha value is -0.130. The Morgan fingerprint density at radius 1 is 1.41 bits per heavy atom. The van der Waals surface area contributed by atoms with E-state index in [1.807, 2.05) is 0 Å². The summed E-state index contributed by atoms with van der Waals surface area (Å²) in [6.45, 7) is 6.38. The van der Waals surface area contributed by atoms with Crippen molar-refractivity contribution in [2.75, 3.05) is 31.2 Å². The highest BCUT2D eigenvalue weighted by atomic mass is 32.2. The van der Waals surface area contributed by atoms with Crippen molar-refractivity contribution >= 4 is 9.84 Å². The Bertz CT molecular complexity index is 377. The lowest BCUT2D eigenvalue weighted by molar-refractivity contribution is 0.00834. The third-order valence-corrected chi connectivity index (χ3v) is 6.30. The third-order valence-electron chi connectivity index (χ3n) is 4.55. The second-order valence-corrected chi connectivity index (χ2v) is 8.40. The van der Waals surface area contributed by atoms with Gasteiger partial charge in [-0.15, -0.1) is 0 Å². The first-order valence-electron chi connectivity index (χ1n) is 6.39. The second kappa shape index (κ2) is 4.52. The number of piperidine rings is 1. The molecule has 5 heteroatoms. The van der Waals surface area contributed by atoms with Crippen LogP contribution in [-0.4, -0.2) is 55.7 Å². The molecule has 2 rings (SSSR count). The Kier molecular flexibility index (Phi) is 3.54. The fourth-order valence-electron chi connectivity index (χ4n) is 2.96. The number of rotatable bonds is 2. The van der Waals surface area contributed by atoms with Crippen LogP contribution < -0.4 is 0 Å². The van der Waals surface area contributed by atoms with Gasteiger partial charge in [-0.1, -0.05) is 13.8 Å². The first-order chi connectivity index (χ1) is 7.84. The molecule has 0 spiro atoms. The van der Waals surface area contributed by atoms with Crippen LogP contribution in [0, 0.1) is 11.3 Å². The highest BCUT2D eigenvalue weighted by molar-refractivity contribution is 7.91. The fraction of sp³-hybridized carbons (Fsp3) is 1.00. The Morgan fingerprint density at radius 3 is 2.65 bits per heavy atom. The molecular weight excluding hydrogens is 238 g/mol. The summed E-state index contributed by atoms with van der Waals surface area (Å²) in [5.41, 5.74) is 0.169. The molecule has 2 saturated heterocycles. The zero-order valence-electron chi connectivity index (χ0n) is 10.7. The van der Waals surface area contributed by atoms with Gasteiger partial charge in [-0.2, -0.15) is 0 Å². The molecule has 0 aromatic carbocycles. The third kappa shape index (κ3) is 2.83. The minimum absolute atomic E-state index is 0.169. The van der Waals surface area contributed by atoms with Gasteiger partial charge in [0.15, 0.2) is 9.84 Å². The van der Waals surface area contributed by atoms with E-state index in [4.69, 9.17) is 0 Å². The van der Waals surface area contributed by atoms with E-state index in [-0.39, 0.29) is 24.0 Å². The molecule has 2 aliphatic rings. The summed E-state index contributed by atoms with van der Waals surface area (Å²) < 4.78 is 23.0. The molecule has 17 heavy (non-hydrogen) atoms. The van der Waals surface area contributed by atoms with E-state index >= 15 is 0 Å². The van der Waals surface area contributed by atoms with Crippen LogP contribution >= 0.6 is 0 Å². The van der Waals surface area contributed by atoms with Crippen molar-refractivity contribution in [2.24, 2.45) is 11.3 Å². The molecule has 1 N–H and O–H groups in total. The van der Waals surface area contributed by atoms with Crippen LogP contribution in [-0.2, 0) is 9.84 Å². The maximum Gasteiger partial charge on any atom is 0.151 e. The number of hydrogen-bond donors (Lipinski definition) is 1. The molecule has 0 aromatic rings. The monoisotopic (exact) mass is 261 g/mol. The maximum atomic E-state index is 11.5. The van der Waals surface area contributed by atoms with E-state index < -0.39 is 9.84 Å². The lowest BCUT2D eigenvalue weighted by atomic mass is 9.73. The Labute approximate surface area is 104 Å². The van der Waals surface area contributed by atoms with Gasteiger partial charge in [-0.05, 0) is 30.7 Å². The lowest BCUT2D eigenvalue weighted by Crippen LogP contribution is -2.50. The smallest absolute Gasteiger partial charge is 0.151 e. The topological polar surface area (TPSA) is 57.6 Å². The van der Waals surface area contributed by atoms with E-state index in [1.54, 1.807) is 0 Å². The first kappa shape index (κ1) is 13.3. The number of nitrogens with zero attached hydrogens (tertiary/aromatic N) is 1. The average Bonchev–Trinajstić information content (AvgIpc) is 2.58. The number of aliphatic hydroxyl groups is 1. The van der Waals surface area contributed by atoms with Crippen molar-refractivity contribution in [1.29, 1.82) is 0 Å². The molecule has 2 atom stereocenters. The number of likely N-dealkylation sites (tertiary alicyclic amines) is 1. The summed E-state index contributed by atoms with van der Waals surface area (Å²) in [6.07, 6.45) is 1.80. The Balaban J connectivity index is 2.01. The van der Waals surface area contributed by atoms with Crippen LogP contribution in [0.15, 0.2) is 0 Å². The maximum absolute atomic E-state index is 11.5. The lowest BCUT2D eigenvalue weighted by Gasteiger charge is -2.45. The van der Waals surface area contributed by atoms with Crippen LogP contribution in [0.4, 0.5) is 0 Å². The van der Waals surface area contributed by atoms with Gasteiger partial charge >= 0.3 is 0 Å². The fourth-order valence-corrected chi connectivity index (χ4v) is 4.72. The predicted molar refractivity (Wildman–Crippen MR) is 67.6 cm³/mol. The summed E-state index contributed by atoms with van der Waals surface area (Å²) in [4.78, 5) is 2.27. The van der Waals surface area contributed by atoms with Gasteiger partial charge < -0.3 is 5.11 Å². The SMILES string of the molecule is CC1(C)CCN(C2CCS(=O)(=O)C2)CC1CO. The average molecular weight is 261 g/mol. The standard InChI is InChI=1S/C12H23NO3S/c1-12(2)4-5-13(7-10(12)8-14)11-3-6-17(15,16)9-11/h10-11,14H,3-9H2,1-2H3. The molecule has 0 amide bonds. The number of sulfone groups is 1. The van der Waals surface area contributed by atoms with Crippen LogP contribution in [0.1, 0.15) is 26.7 Å². The first-order valence-corrected chi connectivity index (χ1v) is 8.21. The molecule has 100 valence electrons. The van der Waals surface area contributed by atoms with Crippen molar-refractivity contribution < 1.29 is 13.5 Å². The van der Waals surface area contributed by atoms with E-state index in [0.717, 1.165) is 25.9 Å². The minimum Gasteiger partial charge on any atom is -0.396 e. The largest absolute Gasteiger partial charge is 0.396 e.